The second kappa shape index (κ2) is 6.51. The van der Waals surface area contributed by atoms with Gasteiger partial charge >= 0.3 is 0 Å². The predicted molar refractivity (Wildman–Crippen MR) is 85.3 cm³/mol. The molecule has 3 heteroatoms. The minimum atomic E-state index is 0.548. The number of thiazole rings is 1. The van der Waals surface area contributed by atoms with Crippen molar-refractivity contribution in [1.82, 2.24) is 10.3 Å². The molecule has 106 valence electrons. The van der Waals surface area contributed by atoms with Crippen molar-refractivity contribution < 1.29 is 0 Å². The van der Waals surface area contributed by atoms with Crippen molar-refractivity contribution in [3.63, 3.8) is 0 Å². The van der Waals surface area contributed by atoms with E-state index in [2.05, 4.69) is 42.6 Å². The Morgan fingerprint density at radius 3 is 2.90 bits per heavy atom. The zero-order chi connectivity index (χ0) is 13.8. The zero-order valence-electron chi connectivity index (χ0n) is 12.1. The van der Waals surface area contributed by atoms with Gasteiger partial charge in [0.2, 0.25) is 0 Å². The van der Waals surface area contributed by atoms with E-state index in [1.54, 1.807) is 0 Å². The summed E-state index contributed by atoms with van der Waals surface area (Å²) in [7, 11) is 0. The third-order valence-electron chi connectivity index (χ3n) is 3.92. The molecule has 3 rings (SSSR count). The molecule has 0 saturated carbocycles. The van der Waals surface area contributed by atoms with E-state index in [0.29, 0.717) is 6.04 Å². The Bertz CT molecular complexity index is 547. The number of aromatic nitrogens is 1. The summed E-state index contributed by atoms with van der Waals surface area (Å²) < 4.78 is 0. The number of nitrogens with one attached hydrogen (secondary N) is 1. The number of hydrogen-bond acceptors (Lipinski definition) is 3. The predicted octanol–water partition coefficient (Wildman–Crippen LogP) is 3.92. The maximum atomic E-state index is 4.88. The van der Waals surface area contributed by atoms with Crippen LogP contribution in [0.5, 0.6) is 0 Å². The van der Waals surface area contributed by atoms with Crippen LogP contribution in [0.15, 0.2) is 30.3 Å². The Morgan fingerprint density at radius 2 is 2.10 bits per heavy atom. The average molecular weight is 286 g/mol. The molecular formula is C17H22N2S. The quantitative estimate of drug-likeness (QED) is 0.901. The van der Waals surface area contributed by atoms with Gasteiger partial charge in [0, 0.05) is 17.3 Å². The van der Waals surface area contributed by atoms with Crippen molar-refractivity contribution in [1.29, 1.82) is 0 Å². The lowest BCUT2D eigenvalue weighted by Crippen LogP contribution is -2.23. The van der Waals surface area contributed by atoms with Crippen LogP contribution in [0.2, 0.25) is 0 Å². The van der Waals surface area contributed by atoms with Crippen LogP contribution in [0.25, 0.3) is 0 Å². The third-order valence-corrected chi connectivity index (χ3v) is 5.19. The van der Waals surface area contributed by atoms with Crippen LogP contribution in [0.3, 0.4) is 0 Å². The highest BCUT2D eigenvalue weighted by Gasteiger charge is 2.23. The molecule has 0 fully saturated rings. The van der Waals surface area contributed by atoms with E-state index in [9.17, 15) is 0 Å². The van der Waals surface area contributed by atoms with Crippen molar-refractivity contribution in [3.05, 3.63) is 51.5 Å². The molecule has 2 aromatic rings. The van der Waals surface area contributed by atoms with Crippen molar-refractivity contribution >= 4 is 11.3 Å². The van der Waals surface area contributed by atoms with E-state index < -0.39 is 0 Å². The van der Waals surface area contributed by atoms with Crippen LogP contribution >= 0.6 is 11.3 Å². The molecule has 0 bridgehead atoms. The van der Waals surface area contributed by atoms with Crippen molar-refractivity contribution in [2.24, 2.45) is 0 Å². The van der Waals surface area contributed by atoms with Gasteiger partial charge in [0.15, 0.2) is 0 Å². The molecular weight excluding hydrogens is 264 g/mol. The summed E-state index contributed by atoms with van der Waals surface area (Å²) >= 11 is 1.93. The molecule has 1 unspecified atom stereocenters. The summed E-state index contributed by atoms with van der Waals surface area (Å²) in [6.07, 6.45) is 5.87. The van der Waals surface area contributed by atoms with Crippen LogP contribution in [0.4, 0.5) is 0 Å². The molecule has 1 N–H and O–H groups in total. The smallest absolute Gasteiger partial charge is 0.0935 e. The fourth-order valence-corrected chi connectivity index (χ4v) is 4.14. The monoisotopic (exact) mass is 286 g/mol. The number of hydrogen-bond donors (Lipinski definition) is 1. The topological polar surface area (TPSA) is 24.9 Å². The van der Waals surface area contributed by atoms with Gasteiger partial charge in [-0.2, -0.15) is 0 Å². The molecule has 0 saturated heterocycles. The van der Waals surface area contributed by atoms with Gasteiger partial charge in [0.25, 0.3) is 0 Å². The molecule has 1 aliphatic rings. The second-order valence-electron chi connectivity index (χ2n) is 5.41. The normalized spacial score (nSPS) is 17.9. The van der Waals surface area contributed by atoms with Gasteiger partial charge in [-0.15, -0.1) is 11.3 Å². The molecule has 0 radical (unpaired) electrons. The number of benzene rings is 1. The van der Waals surface area contributed by atoms with Crippen LogP contribution < -0.4 is 5.32 Å². The van der Waals surface area contributed by atoms with E-state index in [1.807, 2.05) is 11.3 Å². The van der Waals surface area contributed by atoms with Crippen LogP contribution in [-0.2, 0) is 19.3 Å². The van der Waals surface area contributed by atoms with Gasteiger partial charge in [-0.3, -0.25) is 0 Å². The summed E-state index contributed by atoms with van der Waals surface area (Å²) in [6.45, 7) is 3.23. The largest absolute Gasteiger partial charge is 0.309 e. The fourth-order valence-electron chi connectivity index (χ4n) is 2.91. The SMILES string of the molecule is CCNC1CCCc2nc(CCc3ccccc3)sc21. The number of fused-ring (bicyclic) bond motifs is 1. The van der Waals surface area contributed by atoms with Gasteiger partial charge in [0.05, 0.1) is 10.7 Å². The molecule has 1 aliphatic carbocycles. The molecule has 0 spiro atoms. The summed E-state index contributed by atoms with van der Waals surface area (Å²) in [5.74, 6) is 0. The highest BCUT2D eigenvalue weighted by atomic mass is 32.1. The molecule has 1 aromatic carbocycles. The standard InChI is InChI=1S/C17H22N2S/c1-2-18-14-9-6-10-15-17(14)20-16(19-15)12-11-13-7-4-3-5-8-13/h3-5,7-8,14,18H,2,6,9-12H2,1H3. The Balaban J connectivity index is 1.69. The number of aryl methyl sites for hydroxylation is 3. The van der Waals surface area contributed by atoms with Gasteiger partial charge in [0.1, 0.15) is 0 Å². The van der Waals surface area contributed by atoms with Gasteiger partial charge in [-0.1, -0.05) is 37.3 Å². The highest BCUT2D eigenvalue weighted by molar-refractivity contribution is 7.11. The van der Waals surface area contributed by atoms with Crippen molar-refractivity contribution in [3.8, 4) is 0 Å². The Kier molecular flexibility index (Phi) is 4.48. The first-order chi connectivity index (χ1) is 9.86. The van der Waals surface area contributed by atoms with E-state index in [1.165, 1.54) is 40.4 Å². The van der Waals surface area contributed by atoms with E-state index >= 15 is 0 Å². The number of rotatable bonds is 5. The minimum absolute atomic E-state index is 0.548. The van der Waals surface area contributed by atoms with Crippen molar-refractivity contribution in [2.75, 3.05) is 6.54 Å². The Morgan fingerprint density at radius 1 is 1.25 bits per heavy atom. The molecule has 1 heterocycles. The summed E-state index contributed by atoms with van der Waals surface area (Å²) in [5, 5.41) is 4.91. The molecule has 1 aromatic heterocycles. The lowest BCUT2D eigenvalue weighted by molar-refractivity contribution is 0.476. The molecule has 0 aliphatic heterocycles. The van der Waals surface area contributed by atoms with Gasteiger partial charge in [-0.25, -0.2) is 4.98 Å². The highest BCUT2D eigenvalue weighted by Crippen LogP contribution is 2.34. The first-order valence-electron chi connectivity index (χ1n) is 7.62. The lowest BCUT2D eigenvalue weighted by Gasteiger charge is -2.21. The molecule has 20 heavy (non-hydrogen) atoms. The van der Waals surface area contributed by atoms with Gasteiger partial charge in [-0.05, 0) is 37.8 Å². The molecule has 1 atom stereocenters. The Labute approximate surface area is 125 Å². The van der Waals surface area contributed by atoms with Crippen LogP contribution in [0.1, 0.15) is 46.9 Å². The fraction of sp³-hybridized carbons (Fsp3) is 0.471. The van der Waals surface area contributed by atoms with Gasteiger partial charge < -0.3 is 5.32 Å². The minimum Gasteiger partial charge on any atom is -0.309 e. The molecule has 2 nitrogen and oxygen atoms in total. The maximum Gasteiger partial charge on any atom is 0.0935 e. The average Bonchev–Trinajstić information content (AvgIpc) is 2.91. The third kappa shape index (κ3) is 3.10. The van der Waals surface area contributed by atoms with E-state index in [0.717, 1.165) is 19.4 Å². The van der Waals surface area contributed by atoms with E-state index in [-0.39, 0.29) is 0 Å². The van der Waals surface area contributed by atoms with E-state index in [4.69, 9.17) is 4.98 Å². The molecule has 0 amide bonds. The lowest BCUT2D eigenvalue weighted by atomic mass is 9.98. The first kappa shape index (κ1) is 13.8. The second-order valence-corrected chi connectivity index (χ2v) is 6.52. The van der Waals surface area contributed by atoms with Crippen LogP contribution in [0, 0.1) is 0 Å². The summed E-state index contributed by atoms with van der Waals surface area (Å²) in [5.41, 5.74) is 2.76. The first-order valence-corrected chi connectivity index (χ1v) is 8.44. The van der Waals surface area contributed by atoms with Crippen molar-refractivity contribution in [2.45, 2.75) is 45.1 Å². The number of nitrogens with zero attached hydrogens (tertiary/aromatic N) is 1. The summed E-state index contributed by atoms with van der Waals surface area (Å²) in [4.78, 5) is 6.38. The van der Waals surface area contributed by atoms with Crippen LogP contribution in [-0.4, -0.2) is 11.5 Å². The zero-order valence-corrected chi connectivity index (χ0v) is 12.9. The maximum absolute atomic E-state index is 4.88. The Hall–Kier alpha value is -1.19. The summed E-state index contributed by atoms with van der Waals surface area (Å²) in [6, 6.07) is 11.3.